The number of carbonyl (C=O) groups is 1. The zero-order valence-electron chi connectivity index (χ0n) is 13.9. The van der Waals surface area contributed by atoms with Gasteiger partial charge < -0.3 is 10.0 Å². The van der Waals surface area contributed by atoms with Crippen molar-refractivity contribution < 1.29 is 9.90 Å². The van der Waals surface area contributed by atoms with E-state index in [9.17, 15) is 9.90 Å². The Morgan fingerprint density at radius 3 is 2.68 bits per heavy atom. The highest BCUT2D eigenvalue weighted by Crippen LogP contribution is 2.23. The van der Waals surface area contributed by atoms with Crippen LogP contribution in [0.3, 0.4) is 0 Å². The van der Waals surface area contributed by atoms with Crippen LogP contribution in [0, 0.1) is 5.92 Å². The van der Waals surface area contributed by atoms with E-state index in [1.54, 1.807) is 12.1 Å². The first-order valence-corrected chi connectivity index (χ1v) is 8.63. The quantitative estimate of drug-likeness (QED) is 0.858. The Balaban J connectivity index is 1.88. The van der Waals surface area contributed by atoms with Crippen molar-refractivity contribution in [2.45, 2.75) is 64.8 Å². The van der Waals surface area contributed by atoms with E-state index >= 15 is 0 Å². The molecule has 0 radical (unpaired) electrons. The lowest BCUT2D eigenvalue weighted by Crippen LogP contribution is -2.44. The molecule has 2 rings (SSSR count). The van der Waals surface area contributed by atoms with Crippen LogP contribution in [0.1, 0.15) is 57.9 Å². The van der Waals surface area contributed by atoms with Crippen molar-refractivity contribution in [2.24, 2.45) is 5.92 Å². The molecule has 0 aromatic heterocycles. The summed E-state index contributed by atoms with van der Waals surface area (Å²) in [5.74, 6) is 1.24. The van der Waals surface area contributed by atoms with Crippen molar-refractivity contribution in [1.29, 1.82) is 0 Å². The van der Waals surface area contributed by atoms with Crippen molar-refractivity contribution in [3.8, 4) is 5.75 Å². The second-order valence-corrected chi connectivity index (χ2v) is 6.87. The molecule has 1 aliphatic heterocycles. The zero-order valence-corrected chi connectivity index (χ0v) is 13.9. The minimum atomic E-state index is 0.312. The topological polar surface area (TPSA) is 40.5 Å². The number of phenolic OH excluding ortho intramolecular Hbond substituents is 1. The van der Waals surface area contributed by atoms with E-state index in [0.29, 0.717) is 30.0 Å². The molecule has 22 heavy (non-hydrogen) atoms. The molecule has 0 spiro atoms. The molecule has 1 aliphatic rings. The van der Waals surface area contributed by atoms with E-state index in [1.807, 2.05) is 12.1 Å². The largest absolute Gasteiger partial charge is 0.508 e. The van der Waals surface area contributed by atoms with Crippen molar-refractivity contribution in [2.75, 3.05) is 6.54 Å². The number of aromatic hydroxyl groups is 1. The number of rotatable bonds is 6. The molecule has 1 amide bonds. The Labute approximate surface area is 134 Å². The maximum atomic E-state index is 12.5. The smallest absolute Gasteiger partial charge is 0.222 e. The highest BCUT2D eigenvalue weighted by Gasteiger charge is 2.26. The molecule has 3 heteroatoms. The number of hydrogen-bond donors (Lipinski definition) is 1. The molecule has 3 nitrogen and oxygen atoms in total. The van der Waals surface area contributed by atoms with Gasteiger partial charge in [-0.2, -0.15) is 0 Å². The number of likely N-dealkylation sites (tertiary alicyclic amines) is 1. The van der Waals surface area contributed by atoms with Gasteiger partial charge in [0.1, 0.15) is 5.75 Å². The summed E-state index contributed by atoms with van der Waals surface area (Å²) in [6.07, 6.45) is 7.17. The van der Waals surface area contributed by atoms with E-state index in [-0.39, 0.29) is 0 Å². The van der Waals surface area contributed by atoms with Gasteiger partial charge in [0, 0.05) is 19.0 Å². The summed E-state index contributed by atoms with van der Waals surface area (Å²) in [5, 5.41) is 9.34. The summed E-state index contributed by atoms with van der Waals surface area (Å²) in [6.45, 7) is 5.27. The molecule has 1 fully saturated rings. The Morgan fingerprint density at radius 2 is 2.00 bits per heavy atom. The minimum absolute atomic E-state index is 0.312. The Morgan fingerprint density at radius 1 is 1.27 bits per heavy atom. The van der Waals surface area contributed by atoms with E-state index < -0.39 is 0 Å². The molecule has 1 heterocycles. The summed E-state index contributed by atoms with van der Waals surface area (Å²) in [7, 11) is 0. The first kappa shape index (κ1) is 16.9. The van der Waals surface area contributed by atoms with Crippen LogP contribution in [0.25, 0.3) is 0 Å². The third-order valence-corrected chi connectivity index (χ3v) is 4.59. The van der Waals surface area contributed by atoms with Gasteiger partial charge >= 0.3 is 0 Å². The van der Waals surface area contributed by atoms with E-state index in [0.717, 1.165) is 38.6 Å². The summed E-state index contributed by atoms with van der Waals surface area (Å²) in [6, 6.07) is 7.82. The van der Waals surface area contributed by atoms with Gasteiger partial charge in [-0.1, -0.05) is 26.0 Å². The van der Waals surface area contributed by atoms with Gasteiger partial charge in [-0.05, 0) is 62.1 Å². The number of aryl methyl sites for hydroxylation is 1. The standard InChI is InChI=1S/C19H29NO2/c1-15(2)6-13-19(22)20-14-4-3-5-17(20)10-7-16-8-11-18(21)12-9-16/h8-9,11-12,15,17,21H,3-7,10,13-14H2,1-2H3. The Kier molecular flexibility index (Phi) is 6.29. The van der Waals surface area contributed by atoms with E-state index in [2.05, 4.69) is 18.7 Å². The van der Waals surface area contributed by atoms with Crippen LogP contribution in [0.5, 0.6) is 5.75 Å². The molecule has 1 atom stereocenters. The van der Waals surface area contributed by atoms with E-state index in [1.165, 1.54) is 12.0 Å². The highest BCUT2D eigenvalue weighted by molar-refractivity contribution is 5.76. The molecule has 1 saturated heterocycles. The molecule has 0 aliphatic carbocycles. The molecular weight excluding hydrogens is 274 g/mol. The number of carbonyl (C=O) groups excluding carboxylic acids is 1. The van der Waals surface area contributed by atoms with Gasteiger partial charge in [0.2, 0.25) is 5.91 Å². The number of benzene rings is 1. The average Bonchev–Trinajstić information content (AvgIpc) is 2.52. The van der Waals surface area contributed by atoms with E-state index in [4.69, 9.17) is 0 Å². The predicted molar refractivity (Wildman–Crippen MR) is 89.9 cm³/mol. The molecule has 122 valence electrons. The van der Waals surface area contributed by atoms with Crippen molar-refractivity contribution in [1.82, 2.24) is 4.90 Å². The molecule has 1 unspecified atom stereocenters. The fraction of sp³-hybridized carbons (Fsp3) is 0.632. The van der Waals surface area contributed by atoms with Crippen molar-refractivity contribution in [3.05, 3.63) is 29.8 Å². The Bertz CT molecular complexity index is 467. The van der Waals surface area contributed by atoms with Crippen molar-refractivity contribution in [3.63, 3.8) is 0 Å². The third-order valence-electron chi connectivity index (χ3n) is 4.59. The second-order valence-electron chi connectivity index (χ2n) is 6.87. The van der Waals surface area contributed by atoms with Gasteiger partial charge in [-0.25, -0.2) is 0 Å². The maximum absolute atomic E-state index is 12.5. The average molecular weight is 303 g/mol. The number of piperidine rings is 1. The monoisotopic (exact) mass is 303 g/mol. The van der Waals surface area contributed by atoms with Crippen LogP contribution in [0.2, 0.25) is 0 Å². The van der Waals surface area contributed by atoms with Crippen LogP contribution in [0.15, 0.2) is 24.3 Å². The van der Waals surface area contributed by atoms with Crippen LogP contribution in [-0.2, 0) is 11.2 Å². The van der Waals surface area contributed by atoms with Gasteiger partial charge in [-0.15, -0.1) is 0 Å². The SMILES string of the molecule is CC(C)CCC(=O)N1CCCCC1CCc1ccc(O)cc1. The molecule has 1 aromatic carbocycles. The van der Waals surface area contributed by atoms with Crippen LogP contribution in [-0.4, -0.2) is 28.5 Å². The molecule has 1 aromatic rings. The van der Waals surface area contributed by atoms with Gasteiger partial charge in [0.25, 0.3) is 0 Å². The summed E-state index contributed by atoms with van der Waals surface area (Å²) in [5.41, 5.74) is 1.23. The van der Waals surface area contributed by atoms with Gasteiger partial charge in [-0.3, -0.25) is 4.79 Å². The van der Waals surface area contributed by atoms with Gasteiger partial charge in [0.05, 0.1) is 0 Å². The van der Waals surface area contributed by atoms with Crippen LogP contribution < -0.4 is 0 Å². The molecule has 0 bridgehead atoms. The second kappa shape index (κ2) is 8.21. The predicted octanol–water partition coefficient (Wildman–Crippen LogP) is 4.14. The number of phenols is 1. The number of hydrogen-bond acceptors (Lipinski definition) is 2. The number of amides is 1. The fourth-order valence-corrected chi connectivity index (χ4v) is 3.18. The lowest BCUT2D eigenvalue weighted by molar-refractivity contribution is -0.135. The number of nitrogens with zero attached hydrogens (tertiary/aromatic N) is 1. The molecule has 1 N–H and O–H groups in total. The van der Waals surface area contributed by atoms with Crippen LogP contribution in [0.4, 0.5) is 0 Å². The summed E-state index contributed by atoms with van der Waals surface area (Å²) >= 11 is 0. The first-order chi connectivity index (χ1) is 10.6. The maximum Gasteiger partial charge on any atom is 0.222 e. The summed E-state index contributed by atoms with van der Waals surface area (Å²) in [4.78, 5) is 14.6. The zero-order chi connectivity index (χ0) is 15.9. The Hall–Kier alpha value is -1.51. The fourth-order valence-electron chi connectivity index (χ4n) is 3.18. The molecular formula is C19H29NO2. The lowest BCUT2D eigenvalue weighted by Gasteiger charge is -2.36. The third kappa shape index (κ3) is 5.04. The van der Waals surface area contributed by atoms with Crippen LogP contribution >= 0.6 is 0 Å². The molecule has 0 saturated carbocycles. The lowest BCUT2D eigenvalue weighted by atomic mass is 9.95. The van der Waals surface area contributed by atoms with Gasteiger partial charge in [0.15, 0.2) is 0 Å². The highest BCUT2D eigenvalue weighted by atomic mass is 16.3. The summed E-state index contributed by atoms with van der Waals surface area (Å²) < 4.78 is 0. The normalized spacial score (nSPS) is 18.7. The first-order valence-electron chi connectivity index (χ1n) is 8.63. The van der Waals surface area contributed by atoms with Crippen molar-refractivity contribution >= 4 is 5.91 Å². The minimum Gasteiger partial charge on any atom is -0.508 e.